The standard InChI is InChI=1S/C15H16Cl2N4O2S/c1-2-22-13-10(16)6-9(7-11(13)17)8-18-21-14(19-20-15(21)24)12-4-3-5-23-12/h6-8,12H,2-5H2,1H3,(H,20,24)/b18-8-. The van der Waals surface area contributed by atoms with Crippen LogP contribution in [-0.2, 0) is 4.74 Å². The van der Waals surface area contributed by atoms with Gasteiger partial charge in [0.15, 0.2) is 11.6 Å². The van der Waals surface area contributed by atoms with E-state index in [1.807, 2.05) is 6.92 Å². The third kappa shape index (κ3) is 3.64. The maximum absolute atomic E-state index is 6.20. The molecule has 1 aliphatic heterocycles. The van der Waals surface area contributed by atoms with Crippen LogP contribution in [0.4, 0.5) is 0 Å². The molecule has 1 unspecified atom stereocenters. The minimum Gasteiger partial charge on any atom is -0.491 e. The Kier molecular flexibility index (Phi) is 5.55. The summed E-state index contributed by atoms with van der Waals surface area (Å²) in [6.07, 6.45) is 3.42. The van der Waals surface area contributed by atoms with Crippen molar-refractivity contribution >= 4 is 41.6 Å². The van der Waals surface area contributed by atoms with Gasteiger partial charge in [0.25, 0.3) is 0 Å². The third-order valence-electron chi connectivity index (χ3n) is 3.52. The average molecular weight is 387 g/mol. The number of aromatic nitrogens is 3. The molecule has 1 saturated heterocycles. The number of H-pyrrole nitrogens is 1. The largest absolute Gasteiger partial charge is 0.491 e. The van der Waals surface area contributed by atoms with Gasteiger partial charge >= 0.3 is 0 Å². The number of halogens is 2. The Morgan fingerprint density at radius 3 is 2.88 bits per heavy atom. The van der Waals surface area contributed by atoms with Crippen LogP contribution in [0.1, 0.15) is 37.3 Å². The molecule has 3 rings (SSSR count). The van der Waals surface area contributed by atoms with Crippen molar-refractivity contribution < 1.29 is 9.47 Å². The molecule has 9 heteroatoms. The molecule has 1 aliphatic rings. The topological polar surface area (TPSA) is 64.4 Å². The molecule has 2 heterocycles. The Balaban J connectivity index is 1.89. The van der Waals surface area contributed by atoms with Crippen molar-refractivity contribution in [3.05, 3.63) is 38.3 Å². The van der Waals surface area contributed by atoms with Crippen LogP contribution in [0.5, 0.6) is 5.75 Å². The van der Waals surface area contributed by atoms with Gasteiger partial charge in [-0.2, -0.15) is 14.9 Å². The first-order chi connectivity index (χ1) is 11.6. The lowest BCUT2D eigenvalue weighted by Crippen LogP contribution is -2.05. The lowest BCUT2D eigenvalue weighted by molar-refractivity contribution is 0.102. The minimum absolute atomic E-state index is 0.0948. The second-order valence-electron chi connectivity index (χ2n) is 5.19. The first kappa shape index (κ1) is 17.4. The van der Waals surface area contributed by atoms with Crippen LogP contribution in [0.3, 0.4) is 0 Å². The minimum atomic E-state index is -0.0948. The summed E-state index contributed by atoms with van der Waals surface area (Å²) >= 11 is 17.6. The number of nitrogens with one attached hydrogen (secondary N) is 1. The molecule has 1 aromatic heterocycles. The van der Waals surface area contributed by atoms with E-state index in [0.717, 1.165) is 25.0 Å². The molecule has 1 aromatic carbocycles. The van der Waals surface area contributed by atoms with Gasteiger partial charge in [0.2, 0.25) is 4.77 Å². The molecular formula is C15H16Cl2N4O2S. The summed E-state index contributed by atoms with van der Waals surface area (Å²) in [7, 11) is 0. The molecule has 2 aromatic rings. The van der Waals surface area contributed by atoms with Crippen molar-refractivity contribution in [1.29, 1.82) is 0 Å². The summed E-state index contributed by atoms with van der Waals surface area (Å²) in [4.78, 5) is 0. The van der Waals surface area contributed by atoms with Gasteiger partial charge in [0.05, 0.1) is 22.9 Å². The number of aromatic amines is 1. The molecule has 0 spiro atoms. The Morgan fingerprint density at radius 2 is 2.25 bits per heavy atom. The van der Waals surface area contributed by atoms with E-state index >= 15 is 0 Å². The fourth-order valence-corrected chi connectivity index (χ4v) is 3.27. The van der Waals surface area contributed by atoms with Crippen molar-refractivity contribution in [2.75, 3.05) is 13.2 Å². The molecular weight excluding hydrogens is 371 g/mol. The summed E-state index contributed by atoms with van der Waals surface area (Å²) in [6.45, 7) is 3.08. The quantitative estimate of drug-likeness (QED) is 0.611. The van der Waals surface area contributed by atoms with Crippen LogP contribution in [0.25, 0.3) is 0 Å². The van der Waals surface area contributed by atoms with Crippen molar-refractivity contribution in [3.63, 3.8) is 0 Å². The summed E-state index contributed by atoms with van der Waals surface area (Å²) in [5, 5.41) is 12.2. The third-order valence-corrected chi connectivity index (χ3v) is 4.35. The highest BCUT2D eigenvalue weighted by atomic mass is 35.5. The maximum atomic E-state index is 6.20. The van der Waals surface area contributed by atoms with Crippen LogP contribution < -0.4 is 4.74 Å². The molecule has 0 radical (unpaired) electrons. The number of nitrogens with zero attached hydrogens (tertiary/aromatic N) is 3. The Morgan fingerprint density at radius 1 is 1.50 bits per heavy atom. The van der Waals surface area contributed by atoms with E-state index in [9.17, 15) is 0 Å². The highest BCUT2D eigenvalue weighted by Gasteiger charge is 2.23. The highest BCUT2D eigenvalue weighted by molar-refractivity contribution is 7.71. The first-order valence-corrected chi connectivity index (χ1v) is 8.71. The van der Waals surface area contributed by atoms with Gasteiger partial charge in [-0.1, -0.05) is 23.2 Å². The predicted molar refractivity (Wildman–Crippen MR) is 96.0 cm³/mol. The predicted octanol–water partition coefficient (Wildman–Crippen LogP) is 4.38. The van der Waals surface area contributed by atoms with E-state index in [2.05, 4.69) is 15.3 Å². The zero-order valence-corrected chi connectivity index (χ0v) is 15.3. The van der Waals surface area contributed by atoms with E-state index in [-0.39, 0.29) is 6.10 Å². The molecule has 0 aliphatic carbocycles. The SMILES string of the molecule is CCOc1c(Cl)cc(/C=N\n2c(C3CCCO3)n[nH]c2=S)cc1Cl. The Labute approximate surface area is 154 Å². The van der Waals surface area contributed by atoms with Gasteiger partial charge in [0.1, 0.15) is 6.10 Å². The first-order valence-electron chi connectivity index (χ1n) is 7.55. The molecule has 1 fully saturated rings. The Bertz CT molecular complexity index is 789. The van der Waals surface area contributed by atoms with Crippen LogP contribution in [0.15, 0.2) is 17.2 Å². The monoisotopic (exact) mass is 386 g/mol. The average Bonchev–Trinajstić information content (AvgIpc) is 3.18. The van der Waals surface area contributed by atoms with Crippen molar-refractivity contribution in [2.45, 2.75) is 25.9 Å². The van der Waals surface area contributed by atoms with Crippen molar-refractivity contribution in [1.82, 2.24) is 14.9 Å². The normalized spacial score (nSPS) is 17.7. The number of rotatable bonds is 5. The van der Waals surface area contributed by atoms with Gasteiger partial charge < -0.3 is 9.47 Å². The Hall–Kier alpha value is -1.41. The van der Waals surface area contributed by atoms with Crippen LogP contribution in [0, 0.1) is 4.77 Å². The lowest BCUT2D eigenvalue weighted by Gasteiger charge is -2.09. The lowest BCUT2D eigenvalue weighted by atomic mass is 10.2. The summed E-state index contributed by atoms with van der Waals surface area (Å²) in [5.74, 6) is 1.13. The van der Waals surface area contributed by atoms with E-state index < -0.39 is 0 Å². The zero-order valence-electron chi connectivity index (χ0n) is 13.0. The zero-order chi connectivity index (χ0) is 17.1. The highest BCUT2D eigenvalue weighted by Crippen LogP contribution is 2.34. The van der Waals surface area contributed by atoms with E-state index in [1.54, 1.807) is 23.0 Å². The molecule has 0 saturated carbocycles. The van der Waals surface area contributed by atoms with E-state index in [0.29, 0.717) is 33.0 Å². The molecule has 1 atom stereocenters. The number of hydrogen-bond donors (Lipinski definition) is 1. The molecule has 0 amide bonds. The van der Waals surface area contributed by atoms with Gasteiger partial charge in [-0.05, 0) is 49.7 Å². The van der Waals surface area contributed by atoms with Gasteiger partial charge in [0, 0.05) is 6.61 Å². The van der Waals surface area contributed by atoms with E-state index in [1.165, 1.54) is 0 Å². The summed E-state index contributed by atoms with van der Waals surface area (Å²) < 4.78 is 13.0. The molecule has 128 valence electrons. The molecule has 0 bridgehead atoms. The number of hydrogen-bond acceptors (Lipinski definition) is 5. The van der Waals surface area contributed by atoms with Gasteiger partial charge in [-0.15, -0.1) is 0 Å². The molecule has 6 nitrogen and oxygen atoms in total. The summed E-state index contributed by atoms with van der Waals surface area (Å²) in [5.41, 5.74) is 0.731. The van der Waals surface area contributed by atoms with Crippen molar-refractivity contribution in [3.8, 4) is 5.75 Å². The number of ether oxygens (including phenoxy) is 2. The molecule has 24 heavy (non-hydrogen) atoms. The van der Waals surface area contributed by atoms with Crippen LogP contribution >= 0.6 is 35.4 Å². The maximum Gasteiger partial charge on any atom is 0.216 e. The fraction of sp³-hybridized carbons (Fsp3) is 0.400. The second-order valence-corrected chi connectivity index (χ2v) is 6.39. The number of benzene rings is 1. The van der Waals surface area contributed by atoms with Crippen LogP contribution in [0.2, 0.25) is 10.0 Å². The summed E-state index contributed by atoms with van der Waals surface area (Å²) in [6, 6.07) is 3.47. The van der Waals surface area contributed by atoms with Crippen LogP contribution in [-0.4, -0.2) is 34.3 Å². The van der Waals surface area contributed by atoms with Gasteiger partial charge in [-0.25, -0.2) is 0 Å². The fourth-order valence-electron chi connectivity index (χ4n) is 2.47. The second kappa shape index (κ2) is 7.65. The van der Waals surface area contributed by atoms with E-state index in [4.69, 9.17) is 44.9 Å². The van der Waals surface area contributed by atoms with Gasteiger partial charge in [-0.3, -0.25) is 5.10 Å². The van der Waals surface area contributed by atoms with Crippen molar-refractivity contribution in [2.24, 2.45) is 5.10 Å². The smallest absolute Gasteiger partial charge is 0.216 e. The molecule has 1 N–H and O–H groups in total.